The van der Waals surface area contributed by atoms with Crippen molar-refractivity contribution in [1.82, 2.24) is 15.4 Å². The molecule has 7 heteroatoms. The van der Waals surface area contributed by atoms with Gasteiger partial charge in [0.2, 0.25) is 0 Å². The highest BCUT2D eigenvalue weighted by molar-refractivity contribution is 6.30. The summed E-state index contributed by atoms with van der Waals surface area (Å²) in [5.41, 5.74) is 3.61. The quantitative estimate of drug-likeness (QED) is 0.403. The molecule has 2 heterocycles. The molecule has 0 saturated carbocycles. The summed E-state index contributed by atoms with van der Waals surface area (Å²) < 4.78 is 0. The minimum absolute atomic E-state index is 0.347. The summed E-state index contributed by atoms with van der Waals surface area (Å²) in [7, 11) is 0. The highest BCUT2D eigenvalue weighted by atomic mass is 35.5. The maximum Gasteiger partial charge on any atom is 0.267 e. The summed E-state index contributed by atoms with van der Waals surface area (Å²) in [5.74, 6) is 0.247. The number of aromatic nitrogens is 1. The van der Waals surface area contributed by atoms with Gasteiger partial charge in [-0.1, -0.05) is 23.7 Å². The first-order chi connectivity index (χ1) is 13.1. The third kappa shape index (κ3) is 6.06. The van der Waals surface area contributed by atoms with E-state index in [4.69, 9.17) is 16.8 Å². The number of rotatable bonds is 6. The van der Waals surface area contributed by atoms with Crippen LogP contribution < -0.4 is 10.8 Å². The Morgan fingerprint density at radius 3 is 2.81 bits per heavy atom. The second-order valence-corrected chi connectivity index (χ2v) is 7.07. The summed E-state index contributed by atoms with van der Waals surface area (Å²) in [6, 6.07) is 12.1. The number of piperidine rings is 1. The SMILES string of the molecule is O=C(C=Cc1ccc(N[C@@H]2CCCN(Cc3ccc(Cl)cc3)C2)nc1)NO. The van der Waals surface area contributed by atoms with Gasteiger partial charge in [0.1, 0.15) is 5.82 Å². The minimum atomic E-state index is -0.569. The fourth-order valence-corrected chi connectivity index (χ4v) is 3.30. The molecule has 0 aliphatic carbocycles. The van der Waals surface area contributed by atoms with Gasteiger partial charge in [-0.15, -0.1) is 0 Å². The number of amides is 1. The summed E-state index contributed by atoms with van der Waals surface area (Å²) in [5, 5.41) is 12.7. The summed E-state index contributed by atoms with van der Waals surface area (Å²) >= 11 is 5.96. The number of pyridine rings is 1. The third-order valence-corrected chi connectivity index (χ3v) is 4.75. The molecule has 27 heavy (non-hydrogen) atoms. The van der Waals surface area contributed by atoms with E-state index in [1.807, 2.05) is 24.3 Å². The van der Waals surface area contributed by atoms with Crippen molar-refractivity contribution in [3.8, 4) is 0 Å². The molecule has 0 unspecified atom stereocenters. The number of hydrogen-bond donors (Lipinski definition) is 3. The van der Waals surface area contributed by atoms with Crippen LogP contribution in [0, 0.1) is 0 Å². The zero-order chi connectivity index (χ0) is 19.1. The van der Waals surface area contributed by atoms with E-state index in [2.05, 4.69) is 27.3 Å². The Kier molecular flexibility index (Phi) is 6.81. The fourth-order valence-electron chi connectivity index (χ4n) is 3.17. The Morgan fingerprint density at radius 1 is 1.30 bits per heavy atom. The molecule has 1 aromatic carbocycles. The minimum Gasteiger partial charge on any atom is -0.366 e. The number of carbonyl (C=O) groups is 1. The van der Waals surface area contributed by atoms with Crippen LogP contribution in [0.4, 0.5) is 5.82 Å². The molecule has 1 aliphatic heterocycles. The van der Waals surface area contributed by atoms with Crippen molar-refractivity contribution in [2.45, 2.75) is 25.4 Å². The van der Waals surface area contributed by atoms with Crippen LogP contribution in [0.15, 0.2) is 48.7 Å². The van der Waals surface area contributed by atoms with Crippen LogP contribution in [0.2, 0.25) is 5.02 Å². The lowest BCUT2D eigenvalue weighted by Gasteiger charge is -2.33. The monoisotopic (exact) mass is 386 g/mol. The first-order valence-corrected chi connectivity index (χ1v) is 9.32. The predicted octanol–water partition coefficient (Wildman–Crippen LogP) is 3.33. The van der Waals surface area contributed by atoms with Gasteiger partial charge < -0.3 is 5.32 Å². The molecule has 3 N–H and O–H groups in total. The van der Waals surface area contributed by atoms with Crippen LogP contribution >= 0.6 is 11.6 Å². The Labute approximate surface area is 163 Å². The van der Waals surface area contributed by atoms with E-state index in [9.17, 15) is 4.79 Å². The Morgan fingerprint density at radius 2 is 2.11 bits per heavy atom. The van der Waals surface area contributed by atoms with Gasteiger partial charge in [0.05, 0.1) is 0 Å². The Balaban J connectivity index is 1.53. The van der Waals surface area contributed by atoms with E-state index in [0.29, 0.717) is 6.04 Å². The van der Waals surface area contributed by atoms with Gasteiger partial charge in [0.25, 0.3) is 5.91 Å². The van der Waals surface area contributed by atoms with Gasteiger partial charge in [-0.3, -0.25) is 14.9 Å². The molecule has 2 aromatic rings. The number of carbonyl (C=O) groups excluding carboxylic acids is 1. The van der Waals surface area contributed by atoms with E-state index >= 15 is 0 Å². The van der Waals surface area contributed by atoms with Gasteiger partial charge in [-0.25, -0.2) is 10.5 Å². The van der Waals surface area contributed by atoms with Crippen molar-refractivity contribution in [1.29, 1.82) is 0 Å². The summed E-state index contributed by atoms with van der Waals surface area (Å²) in [6.07, 6.45) is 6.79. The van der Waals surface area contributed by atoms with Crippen molar-refractivity contribution in [3.63, 3.8) is 0 Å². The topological polar surface area (TPSA) is 77.5 Å². The Hall–Kier alpha value is -2.41. The molecule has 1 aromatic heterocycles. The van der Waals surface area contributed by atoms with Gasteiger partial charge in [-0.05, 0) is 60.9 Å². The van der Waals surface area contributed by atoms with E-state index in [1.54, 1.807) is 17.8 Å². The molecule has 0 radical (unpaired) electrons. The third-order valence-electron chi connectivity index (χ3n) is 4.50. The highest BCUT2D eigenvalue weighted by Crippen LogP contribution is 2.18. The smallest absolute Gasteiger partial charge is 0.267 e. The number of likely N-dealkylation sites (tertiary alicyclic amines) is 1. The molecule has 6 nitrogen and oxygen atoms in total. The number of benzene rings is 1. The molecule has 3 rings (SSSR count). The van der Waals surface area contributed by atoms with Crippen molar-refractivity contribution in [2.75, 3.05) is 18.4 Å². The van der Waals surface area contributed by atoms with Gasteiger partial charge in [0.15, 0.2) is 0 Å². The number of hydroxylamine groups is 1. The molecule has 1 fully saturated rings. The van der Waals surface area contributed by atoms with E-state index in [1.165, 1.54) is 11.6 Å². The maximum atomic E-state index is 11.0. The lowest BCUT2D eigenvalue weighted by atomic mass is 10.0. The molecular weight excluding hydrogens is 364 g/mol. The average molecular weight is 387 g/mol. The second-order valence-electron chi connectivity index (χ2n) is 6.63. The molecular formula is C20H23ClN4O2. The maximum absolute atomic E-state index is 11.0. The van der Waals surface area contributed by atoms with E-state index < -0.39 is 5.91 Å². The van der Waals surface area contributed by atoms with Gasteiger partial charge >= 0.3 is 0 Å². The number of hydrogen-bond acceptors (Lipinski definition) is 5. The van der Waals surface area contributed by atoms with Crippen LogP contribution in [0.3, 0.4) is 0 Å². The zero-order valence-electron chi connectivity index (χ0n) is 14.9. The molecule has 1 atom stereocenters. The number of halogens is 1. The molecule has 1 amide bonds. The largest absolute Gasteiger partial charge is 0.366 e. The van der Waals surface area contributed by atoms with Crippen molar-refractivity contribution in [3.05, 3.63) is 64.8 Å². The first kappa shape index (κ1) is 19.4. The molecule has 142 valence electrons. The van der Waals surface area contributed by atoms with E-state index in [-0.39, 0.29) is 0 Å². The fraction of sp³-hybridized carbons (Fsp3) is 0.300. The van der Waals surface area contributed by atoms with Gasteiger partial charge in [-0.2, -0.15) is 0 Å². The predicted molar refractivity (Wildman–Crippen MR) is 107 cm³/mol. The number of anilines is 1. The average Bonchev–Trinajstić information content (AvgIpc) is 2.69. The molecule has 1 saturated heterocycles. The molecule has 1 aliphatic rings. The highest BCUT2D eigenvalue weighted by Gasteiger charge is 2.20. The summed E-state index contributed by atoms with van der Waals surface area (Å²) in [6.45, 7) is 2.97. The lowest BCUT2D eigenvalue weighted by Crippen LogP contribution is -2.41. The van der Waals surface area contributed by atoms with Crippen LogP contribution in [-0.2, 0) is 11.3 Å². The van der Waals surface area contributed by atoms with Crippen LogP contribution in [0.1, 0.15) is 24.0 Å². The lowest BCUT2D eigenvalue weighted by molar-refractivity contribution is -0.124. The number of nitrogens with one attached hydrogen (secondary N) is 2. The number of nitrogens with zero attached hydrogens (tertiary/aromatic N) is 2. The second kappa shape index (κ2) is 9.50. The zero-order valence-corrected chi connectivity index (χ0v) is 15.7. The van der Waals surface area contributed by atoms with Crippen molar-refractivity contribution >= 4 is 29.4 Å². The molecule has 0 bridgehead atoms. The summed E-state index contributed by atoms with van der Waals surface area (Å²) in [4.78, 5) is 17.8. The van der Waals surface area contributed by atoms with Gasteiger partial charge in [0, 0.05) is 36.4 Å². The van der Waals surface area contributed by atoms with Crippen LogP contribution in [0.25, 0.3) is 6.08 Å². The molecule has 0 spiro atoms. The normalized spacial score (nSPS) is 17.8. The first-order valence-electron chi connectivity index (χ1n) is 8.94. The van der Waals surface area contributed by atoms with E-state index in [0.717, 1.165) is 48.9 Å². The van der Waals surface area contributed by atoms with Crippen LogP contribution in [0.5, 0.6) is 0 Å². The Bertz CT molecular complexity index is 778. The standard InChI is InChI=1S/C20H23ClN4O2/c21-17-7-3-16(4-8-17)13-25-11-1-2-18(14-25)23-19-9-5-15(12-22-19)6-10-20(26)24-27/h3-10,12,18,27H,1-2,11,13-14H2,(H,22,23)(H,24,26)/t18-/m1/s1. The van der Waals surface area contributed by atoms with Crippen molar-refractivity contribution in [2.24, 2.45) is 0 Å². The van der Waals surface area contributed by atoms with Crippen LogP contribution in [-0.4, -0.2) is 40.1 Å². The van der Waals surface area contributed by atoms with Crippen molar-refractivity contribution < 1.29 is 10.0 Å².